The Balaban J connectivity index is 0.724. The summed E-state index contributed by atoms with van der Waals surface area (Å²) >= 11 is 0. The van der Waals surface area contributed by atoms with Gasteiger partial charge in [0.05, 0.1) is 31.3 Å². The molecule has 3 atom stereocenters. The van der Waals surface area contributed by atoms with E-state index < -0.39 is 29.9 Å². The van der Waals surface area contributed by atoms with Gasteiger partial charge in [-0.05, 0) is 159 Å². The average molecular weight is 1180 g/mol. The SMILES string of the molecule is CC[C@H](C(=O)N1CCCC[C@H]1C(=O)O[C@H](CCc1ccc(C)c(C)c1)c1cccc(OCC(=O)NCCC(=O)NCCCNc2ccnc(-c3nc4c(NC(=O)c5ccc(CN6CCNCC6)cc5)cccc4[nH]3)c2)c1)c1cc(C)c(OC)c(OC)c1. The molecule has 19 heteroatoms. The Hall–Kier alpha value is -8.81. The van der Waals surface area contributed by atoms with Crippen molar-refractivity contribution in [3.8, 4) is 28.8 Å². The molecule has 2 saturated heterocycles. The predicted octanol–water partition coefficient (Wildman–Crippen LogP) is 9.52. The van der Waals surface area contributed by atoms with Gasteiger partial charge >= 0.3 is 5.97 Å². The second-order valence-electron chi connectivity index (χ2n) is 22.4. The van der Waals surface area contributed by atoms with Gasteiger partial charge < -0.3 is 55.4 Å². The van der Waals surface area contributed by atoms with Crippen LogP contribution in [0.15, 0.2) is 115 Å². The van der Waals surface area contributed by atoms with Gasteiger partial charge in [-0.3, -0.25) is 29.1 Å². The molecule has 5 aromatic carbocycles. The zero-order chi connectivity index (χ0) is 61.2. The molecule has 19 nitrogen and oxygen atoms in total. The quantitative estimate of drug-likeness (QED) is 0.0208. The Kier molecular flexibility index (Phi) is 22.0. The first-order chi connectivity index (χ1) is 42.3. The number of imidazole rings is 1. The molecular formula is C68H82N10O9. The van der Waals surface area contributed by atoms with Crippen molar-refractivity contribution in [1.29, 1.82) is 0 Å². The number of nitrogens with zero attached hydrogens (tertiary/aromatic N) is 4. The molecule has 0 spiro atoms. The third-order valence-corrected chi connectivity index (χ3v) is 16.3. The molecule has 2 aromatic heterocycles. The molecule has 7 aromatic rings. The van der Waals surface area contributed by atoms with Crippen molar-refractivity contribution in [3.63, 3.8) is 0 Å². The topological polar surface area (TPSA) is 230 Å². The van der Waals surface area contributed by atoms with E-state index in [1.807, 2.05) is 86.6 Å². The van der Waals surface area contributed by atoms with Crippen LogP contribution in [-0.2, 0) is 36.9 Å². The molecule has 6 N–H and O–H groups in total. The summed E-state index contributed by atoms with van der Waals surface area (Å²) in [6.07, 6.45) is 5.40. The summed E-state index contributed by atoms with van der Waals surface area (Å²) in [6.45, 7) is 14.1. The fourth-order valence-electron chi connectivity index (χ4n) is 11.3. The average Bonchev–Trinajstić information content (AvgIpc) is 4.26. The molecule has 458 valence electrons. The first-order valence-corrected chi connectivity index (χ1v) is 30.4. The first kappa shape index (κ1) is 62.7. The summed E-state index contributed by atoms with van der Waals surface area (Å²) in [5.41, 5.74) is 11.0. The van der Waals surface area contributed by atoms with Gasteiger partial charge in [0.2, 0.25) is 11.8 Å². The number of aromatic amines is 1. The number of H-pyrrole nitrogens is 1. The van der Waals surface area contributed by atoms with Gasteiger partial charge in [-0.25, -0.2) is 9.78 Å². The predicted molar refractivity (Wildman–Crippen MR) is 337 cm³/mol. The maximum absolute atomic E-state index is 14.5. The Labute approximate surface area is 509 Å². The van der Waals surface area contributed by atoms with E-state index in [0.29, 0.717) is 103 Å². The molecule has 4 amide bonds. The molecule has 87 heavy (non-hydrogen) atoms. The van der Waals surface area contributed by atoms with Gasteiger partial charge in [-0.1, -0.05) is 61.5 Å². The van der Waals surface area contributed by atoms with E-state index >= 15 is 0 Å². The van der Waals surface area contributed by atoms with Gasteiger partial charge in [-0.2, -0.15) is 0 Å². The highest BCUT2D eigenvalue weighted by Crippen LogP contribution is 2.38. The lowest BCUT2D eigenvalue weighted by Gasteiger charge is -2.37. The molecular weight excluding hydrogens is 1100 g/mol. The largest absolute Gasteiger partial charge is 0.493 e. The van der Waals surface area contributed by atoms with Crippen molar-refractivity contribution in [3.05, 3.63) is 160 Å². The lowest BCUT2D eigenvalue weighted by molar-refractivity contribution is -0.162. The fourth-order valence-corrected chi connectivity index (χ4v) is 11.3. The number of likely N-dealkylation sites (tertiary alicyclic amines) is 1. The van der Waals surface area contributed by atoms with E-state index in [0.717, 1.165) is 73.5 Å². The number of anilines is 2. The number of nitrogens with one attached hydrogen (secondary N) is 6. The zero-order valence-corrected chi connectivity index (χ0v) is 50.9. The number of amides is 4. The first-order valence-electron chi connectivity index (χ1n) is 30.4. The Bertz CT molecular complexity index is 3510. The van der Waals surface area contributed by atoms with E-state index in [9.17, 15) is 24.0 Å². The van der Waals surface area contributed by atoms with E-state index in [2.05, 4.69) is 73.5 Å². The summed E-state index contributed by atoms with van der Waals surface area (Å²) in [4.78, 5) is 84.9. The van der Waals surface area contributed by atoms with Crippen molar-refractivity contribution in [1.82, 2.24) is 40.7 Å². The number of rotatable bonds is 27. The van der Waals surface area contributed by atoms with Crippen LogP contribution in [-0.4, -0.2) is 134 Å². The highest BCUT2D eigenvalue weighted by atomic mass is 16.5. The molecule has 0 bridgehead atoms. The van der Waals surface area contributed by atoms with Crippen molar-refractivity contribution in [2.75, 3.05) is 83.8 Å². The number of aryl methyl sites for hydroxylation is 4. The summed E-state index contributed by atoms with van der Waals surface area (Å²) in [6, 6.07) is 33.7. The summed E-state index contributed by atoms with van der Waals surface area (Å²) in [5.74, 6) is 0.229. The lowest BCUT2D eigenvalue weighted by atomic mass is 9.91. The van der Waals surface area contributed by atoms with E-state index in [-0.39, 0.29) is 37.3 Å². The van der Waals surface area contributed by atoms with Crippen molar-refractivity contribution in [2.24, 2.45) is 0 Å². The van der Waals surface area contributed by atoms with Crippen LogP contribution in [0.3, 0.4) is 0 Å². The highest BCUT2D eigenvalue weighted by molar-refractivity contribution is 6.08. The minimum Gasteiger partial charge on any atom is -0.493 e. The van der Waals surface area contributed by atoms with Crippen LogP contribution in [0.25, 0.3) is 22.6 Å². The van der Waals surface area contributed by atoms with Gasteiger partial charge in [0.25, 0.3) is 11.8 Å². The molecule has 9 rings (SSSR count). The number of pyridine rings is 1. The maximum atomic E-state index is 14.5. The van der Waals surface area contributed by atoms with Crippen LogP contribution in [0, 0.1) is 20.8 Å². The lowest BCUT2D eigenvalue weighted by Crippen LogP contribution is -2.50. The van der Waals surface area contributed by atoms with Crippen LogP contribution in [0.5, 0.6) is 17.2 Å². The van der Waals surface area contributed by atoms with Gasteiger partial charge in [0.15, 0.2) is 23.9 Å². The molecule has 0 unspecified atom stereocenters. The van der Waals surface area contributed by atoms with Crippen molar-refractivity contribution >= 4 is 52.0 Å². The third kappa shape index (κ3) is 16.8. The summed E-state index contributed by atoms with van der Waals surface area (Å²) < 4.78 is 23.6. The van der Waals surface area contributed by atoms with Gasteiger partial charge in [0, 0.05) is 82.8 Å². The Morgan fingerprint density at radius 3 is 2.33 bits per heavy atom. The number of piperidine rings is 1. The number of benzene rings is 5. The zero-order valence-electron chi connectivity index (χ0n) is 50.9. The number of carbonyl (C=O) groups excluding carboxylic acids is 5. The number of aromatic nitrogens is 3. The van der Waals surface area contributed by atoms with Crippen LogP contribution in [0.4, 0.5) is 11.4 Å². The smallest absolute Gasteiger partial charge is 0.329 e. The third-order valence-electron chi connectivity index (χ3n) is 16.3. The fraction of sp³-hybridized carbons (Fsp3) is 0.397. The van der Waals surface area contributed by atoms with E-state index in [4.69, 9.17) is 23.9 Å². The van der Waals surface area contributed by atoms with Crippen LogP contribution in [0.2, 0.25) is 0 Å². The minimum atomic E-state index is -0.764. The summed E-state index contributed by atoms with van der Waals surface area (Å²) in [5, 5.41) is 15.5. The van der Waals surface area contributed by atoms with Crippen LogP contribution >= 0.6 is 0 Å². The monoisotopic (exact) mass is 1180 g/mol. The van der Waals surface area contributed by atoms with E-state index in [1.165, 1.54) is 16.7 Å². The Morgan fingerprint density at radius 2 is 1.55 bits per heavy atom. The number of para-hydroxylation sites is 1. The second-order valence-corrected chi connectivity index (χ2v) is 22.4. The number of esters is 1. The molecule has 0 radical (unpaired) electrons. The number of fused-ring (bicyclic) bond motifs is 1. The number of ether oxygens (including phenoxy) is 4. The van der Waals surface area contributed by atoms with Gasteiger partial charge in [-0.15, -0.1) is 0 Å². The van der Waals surface area contributed by atoms with E-state index in [1.54, 1.807) is 43.5 Å². The summed E-state index contributed by atoms with van der Waals surface area (Å²) in [7, 11) is 3.17. The standard InChI is InChI=1S/C68H82N10O9/c1-7-54(51-38-46(4)64(85-6)60(40-51)84-5)67(82)78-34-9-8-17-58(78)68(83)87-59(25-22-47-19-18-44(2)45(3)37-47)50-13-10-14-53(39-50)86-43-62(80)73-31-27-61(79)72-29-12-28-70-52-26-30-71-57(41-52)65-74-55-15-11-16-56(63(55)76-65)75-66(81)49-23-20-48(21-24-49)42-77-35-32-69-33-36-77/h10-11,13-16,18-21,23-24,26,30,37-41,54,58-59,69H,7-9,12,17,22,25,27-29,31-36,42-43H2,1-6H3,(H,70,71)(H,72,79)(H,73,80)(H,74,76)(H,75,81)/t54-,58-,59+/m0/s1. The molecule has 4 heterocycles. The minimum absolute atomic E-state index is 0.0856. The molecule has 2 fully saturated rings. The van der Waals surface area contributed by atoms with Gasteiger partial charge in [0.1, 0.15) is 29.1 Å². The number of piperazine rings is 1. The molecule has 2 aliphatic rings. The van der Waals surface area contributed by atoms with Crippen molar-refractivity contribution < 1.29 is 42.9 Å². The number of hydrogen-bond acceptors (Lipinski definition) is 14. The van der Waals surface area contributed by atoms with Crippen LogP contribution < -0.4 is 40.8 Å². The number of methoxy groups -OCH3 is 2. The number of carbonyl (C=O) groups is 5. The highest BCUT2D eigenvalue weighted by Gasteiger charge is 2.38. The number of hydrogen-bond donors (Lipinski definition) is 6. The second kappa shape index (κ2) is 30.5. The molecule has 2 aliphatic heterocycles. The molecule has 0 aliphatic carbocycles. The maximum Gasteiger partial charge on any atom is 0.329 e. The van der Waals surface area contributed by atoms with Crippen molar-refractivity contribution in [2.45, 2.75) is 104 Å². The normalized spacial score (nSPS) is 15.0. The molecule has 0 saturated carbocycles. The van der Waals surface area contributed by atoms with Crippen LogP contribution in [0.1, 0.15) is 113 Å². The Morgan fingerprint density at radius 1 is 0.759 bits per heavy atom.